The fourth-order valence-electron chi connectivity index (χ4n) is 3.88. The predicted octanol–water partition coefficient (Wildman–Crippen LogP) is 3.90. The number of amides is 1. The molecule has 4 rings (SSSR count). The number of hydrogen-bond acceptors (Lipinski definition) is 2. The van der Waals surface area contributed by atoms with Crippen molar-refractivity contribution in [2.75, 3.05) is 19.7 Å². The average molecular weight is 357 g/mol. The van der Waals surface area contributed by atoms with Gasteiger partial charge in [0.25, 0.3) is 0 Å². The molecule has 5 heteroatoms. The number of carbonyl (C=O) groups excluding carboxylic acids is 1. The Bertz CT molecular complexity index is 848. The lowest BCUT2D eigenvalue weighted by atomic mass is 9.90. The topological polar surface area (TPSA) is 29.5 Å². The lowest BCUT2D eigenvalue weighted by molar-refractivity contribution is -0.141. The van der Waals surface area contributed by atoms with Gasteiger partial charge in [-0.25, -0.2) is 8.78 Å². The molecule has 26 heavy (non-hydrogen) atoms. The van der Waals surface area contributed by atoms with E-state index in [1.54, 1.807) is 0 Å². The molecule has 136 valence electrons. The molecule has 0 spiro atoms. The third-order valence-corrected chi connectivity index (χ3v) is 5.49. The molecule has 1 aliphatic carbocycles. The van der Waals surface area contributed by atoms with Crippen molar-refractivity contribution in [2.24, 2.45) is 0 Å². The molecule has 2 aromatic rings. The van der Waals surface area contributed by atoms with Crippen molar-refractivity contribution in [1.82, 2.24) is 4.90 Å². The minimum absolute atomic E-state index is 0.114. The lowest BCUT2D eigenvalue weighted by Crippen LogP contribution is -2.47. The summed E-state index contributed by atoms with van der Waals surface area (Å²) in [6, 6.07) is 11.8. The number of hydrogen-bond donors (Lipinski definition) is 0. The minimum Gasteiger partial charge on any atom is -0.370 e. The van der Waals surface area contributed by atoms with Crippen LogP contribution in [0.2, 0.25) is 0 Å². The van der Waals surface area contributed by atoms with E-state index in [9.17, 15) is 13.6 Å². The maximum atomic E-state index is 13.5. The molecule has 0 radical (unpaired) electrons. The van der Waals surface area contributed by atoms with Gasteiger partial charge in [0.15, 0.2) is 11.6 Å². The highest BCUT2D eigenvalue weighted by atomic mass is 19.2. The fourth-order valence-corrected chi connectivity index (χ4v) is 3.88. The SMILES string of the molecule is Cc1ccccc1C1(C(=O)N2CCOC(c3ccc(F)c(F)c3)C2)CC1. The summed E-state index contributed by atoms with van der Waals surface area (Å²) in [4.78, 5) is 15.1. The van der Waals surface area contributed by atoms with E-state index in [2.05, 4.69) is 0 Å². The van der Waals surface area contributed by atoms with E-state index >= 15 is 0 Å². The van der Waals surface area contributed by atoms with Gasteiger partial charge in [-0.15, -0.1) is 0 Å². The number of carbonyl (C=O) groups is 1. The third-order valence-electron chi connectivity index (χ3n) is 5.49. The first-order valence-corrected chi connectivity index (χ1v) is 8.93. The molecular weight excluding hydrogens is 336 g/mol. The number of aryl methyl sites for hydroxylation is 1. The number of ether oxygens (including phenoxy) is 1. The maximum Gasteiger partial charge on any atom is 0.233 e. The molecule has 2 fully saturated rings. The molecular formula is C21H21F2NO2. The van der Waals surface area contributed by atoms with Crippen LogP contribution in [0.1, 0.15) is 35.6 Å². The summed E-state index contributed by atoms with van der Waals surface area (Å²) in [7, 11) is 0. The Balaban J connectivity index is 1.55. The van der Waals surface area contributed by atoms with Gasteiger partial charge in [-0.3, -0.25) is 4.79 Å². The van der Waals surface area contributed by atoms with Crippen LogP contribution in [0.3, 0.4) is 0 Å². The Kier molecular flexibility index (Phi) is 4.27. The molecule has 1 saturated heterocycles. The van der Waals surface area contributed by atoms with Crippen molar-refractivity contribution in [3.8, 4) is 0 Å². The zero-order valence-corrected chi connectivity index (χ0v) is 14.7. The van der Waals surface area contributed by atoms with Crippen LogP contribution >= 0.6 is 0 Å². The van der Waals surface area contributed by atoms with E-state index in [0.29, 0.717) is 25.3 Å². The molecule has 0 aromatic heterocycles. The van der Waals surface area contributed by atoms with Crippen LogP contribution in [0.4, 0.5) is 8.78 Å². The Hall–Kier alpha value is -2.27. The number of morpholine rings is 1. The Morgan fingerprint density at radius 1 is 1.15 bits per heavy atom. The van der Waals surface area contributed by atoms with E-state index in [-0.39, 0.29) is 5.91 Å². The fraction of sp³-hybridized carbons (Fsp3) is 0.381. The van der Waals surface area contributed by atoms with Crippen molar-refractivity contribution in [3.05, 3.63) is 70.8 Å². The zero-order chi connectivity index (χ0) is 18.3. The summed E-state index contributed by atoms with van der Waals surface area (Å²) in [6.07, 6.45) is 1.27. The highest BCUT2D eigenvalue weighted by molar-refractivity contribution is 5.91. The molecule has 1 unspecified atom stereocenters. The van der Waals surface area contributed by atoms with E-state index < -0.39 is 23.2 Å². The largest absolute Gasteiger partial charge is 0.370 e. The third kappa shape index (κ3) is 2.90. The van der Waals surface area contributed by atoms with Crippen molar-refractivity contribution in [3.63, 3.8) is 0 Å². The molecule has 1 saturated carbocycles. The summed E-state index contributed by atoms with van der Waals surface area (Å²) >= 11 is 0. The quantitative estimate of drug-likeness (QED) is 0.834. The van der Waals surface area contributed by atoms with Crippen LogP contribution in [-0.2, 0) is 14.9 Å². The highest BCUT2D eigenvalue weighted by Crippen LogP contribution is 2.51. The van der Waals surface area contributed by atoms with E-state index in [4.69, 9.17) is 4.74 Å². The number of benzene rings is 2. The van der Waals surface area contributed by atoms with Gasteiger partial charge in [0.2, 0.25) is 5.91 Å². The molecule has 1 aliphatic heterocycles. The molecule has 3 nitrogen and oxygen atoms in total. The lowest BCUT2D eigenvalue weighted by Gasteiger charge is -2.36. The van der Waals surface area contributed by atoms with Crippen LogP contribution < -0.4 is 0 Å². The van der Waals surface area contributed by atoms with E-state index in [1.807, 2.05) is 36.1 Å². The number of rotatable bonds is 3. The smallest absolute Gasteiger partial charge is 0.233 e. The molecule has 0 bridgehead atoms. The van der Waals surface area contributed by atoms with Crippen LogP contribution in [-0.4, -0.2) is 30.5 Å². The number of halogens is 2. The first kappa shape index (κ1) is 17.2. The van der Waals surface area contributed by atoms with Crippen LogP contribution in [0, 0.1) is 18.6 Å². The molecule has 2 aromatic carbocycles. The maximum absolute atomic E-state index is 13.5. The summed E-state index contributed by atoms with van der Waals surface area (Å²) < 4.78 is 32.4. The Labute approximate surface area is 151 Å². The van der Waals surface area contributed by atoms with Gasteiger partial charge in [-0.05, 0) is 48.6 Å². The van der Waals surface area contributed by atoms with Crippen LogP contribution in [0.15, 0.2) is 42.5 Å². The van der Waals surface area contributed by atoms with Gasteiger partial charge in [-0.2, -0.15) is 0 Å². The van der Waals surface area contributed by atoms with Crippen molar-refractivity contribution >= 4 is 5.91 Å². The summed E-state index contributed by atoms with van der Waals surface area (Å²) in [5.74, 6) is -1.66. The van der Waals surface area contributed by atoms with Crippen LogP contribution in [0.5, 0.6) is 0 Å². The highest BCUT2D eigenvalue weighted by Gasteiger charge is 2.54. The Morgan fingerprint density at radius 3 is 2.62 bits per heavy atom. The predicted molar refractivity (Wildman–Crippen MR) is 93.7 cm³/mol. The summed E-state index contributed by atoms with van der Waals surface area (Å²) in [6.45, 7) is 3.30. The van der Waals surface area contributed by atoms with Crippen LogP contribution in [0.25, 0.3) is 0 Å². The van der Waals surface area contributed by atoms with Crippen molar-refractivity contribution in [2.45, 2.75) is 31.3 Å². The zero-order valence-electron chi connectivity index (χ0n) is 14.7. The van der Waals surface area contributed by atoms with Gasteiger partial charge in [0.1, 0.15) is 6.10 Å². The molecule has 0 N–H and O–H groups in total. The Morgan fingerprint density at radius 2 is 1.92 bits per heavy atom. The first-order chi connectivity index (χ1) is 12.5. The summed E-state index contributed by atoms with van der Waals surface area (Å²) in [5, 5.41) is 0. The van der Waals surface area contributed by atoms with E-state index in [1.165, 1.54) is 6.07 Å². The first-order valence-electron chi connectivity index (χ1n) is 8.93. The van der Waals surface area contributed by atoms with Gasteiger partial charge >= 0.3 is 0 Å². The van der Waals surface area contributed by atoms with Gasteiger partial charge in [0.05, 0.1) is 18.6 Å². The standard InChI is InChI=1S/C21H21F2NO2/c1-14-4-2-3-5-16(14)21(8-9-21)20(25)24-10-11-26-19(13-24)15-6-7-17(22)18(23)12-15/h2-7,12,19H,8-11,13H2,1H3. The normalized spacial score (nSPS) is 21.5. The average Bonchev–Trinajstić information content (AvgIpc) is 3.45. The minimum atomic E-state index is -0.895. The van der Waals surface area contributed by atoms with Gasteiger partial charge < -0.3 is 9.64 Å². The van der Waals surface area contributed by atoms with Crippen molar-refractivity contribution in [1.29, 1.82) is 0 Å². The van der Waals surface area contributed by atoms with Crippen molar-refractivity contribution < 1.29 is 18.3 Å². The second-order valence-electron chi connectivity index (χ2n) is 7.18. The molecule has 1 heterocycles. The second-order valence-corrected chi connectivity index (χ2v) is 7.18. The van der Waals surface area contributed by atoms with E-state index in [0.717, 1.165) is 36.1 Å². The summed E-state index contributed by atoms with van der Waals surface area (Å²) in [5.41, 5.74) is 2.35. The van der Waals surface area contributed by atoms with Gasteiger partial charge in [-0.1, -0.05) is 30.3 Å². The second kappa shape index (κ2) is 6.47. The number of nitrogens with zero attached hydrogens (tertiary/aromatic N) is 1. The molecule has 1 amide bonds. The monoisotopic (exact) mass is 357 g/mol. The molecule has 1 atom stereocenters. The molecule has 2 aliphatic rings. The van der Waals surface area contributed by atoms with Gasteiger partial charge in [0, 0.05) is 6.54 Å².